The first-order chi connectivity index (χ1) is 3.29. The van der Waals surface area contributed by atoms with E-state index in [1.807, 2.05) is 0 Å². The van der Waals surface area contributed by atoms with Crippen molar-refractivity contribution in [1.82, 2.24) is 0 Å². The summed E-state index contributed by atoms with van der Waals surface area (Å²) in [5, 5.41) is 8.47. The molecule has 3 nitrogen and oxygen atoms in total. The number of hydrogen-bond acceptors (Lipinski definition) is 2. The average molecular weight is 100 g/mol. The quantitative estimate of drug-likeness (QED) is 0.459. The molecule has 0 aliphatic heterocycles. The van der Waals surface area contributed by atoms with Crippen LogP contribution in [0.25, 0.3) is 0 Å². The molecule has 1 rings (SSSR count). The molecule has 0 atom stereocenters. The molecule has 0 fully saturated rings. The highest BCUT2D eigenvalue weighted by atomic mass is 16.5. The number of aryl methyl sites for hydroxylation is 1. The molecule has 1 aromatic rings. The molecular weight excluding hydrogens is 94.0 g/mol. The van der Waals surface area contributed by atoms with Gasteiger partial charge in [0.2, 0.25) is 0 Å². The van der Waals surface area contributed by atoms with Gasteiger partial charge < -0.3 is 9.52 Å². The maximum absolute atomic E-state index is 8.47. The predicted molar refractivity (Wildman–Crippen MR) is 21.5 cm³/mol. The lowest BCUT2D eigenvalue weighted by Gasteiger charge is -1.63. The molecular formula is C4H6NO2+. The molecule has 0 amide bonds. The Morgan fingerprint density at radius 2 is 2.57 bits per heavy atom. The fraction of sp³-hybridized carbons (Fsp3) is 0.250. The summed E-state index contributed by atoms with van der Waals surface area (Å²) >= 11 is 0. The van der Waals surface area contributed by atoms with Crippen molar-refractivity contribution < 1.29 is 14.1 Å². The Labute approximate surface area is 40.8 Å². The molecule has 0 saturated carbocycles. The van der Waals surface area contributed by atoms with E-state index in [0.717, 1.165) is 0 Å². The highest BCUT2D eigenvalue weighted by Gasteiger charge is 1.96. The van der Waals surface area contributed by atoms with Gasteiger partial charge in [0, 0.05) is 0 Å². The summed E-state index contributed by atoms with van der Waals surface area (Å²) in [6.45, 7) is 0. The Balaban J connectivity index is 3.04. The Morgan fingerprint density at radius 1 is 1.86 bits per heavy atom. The van der Waals surface area contributed by atoms with Gasteiger partial charge in [-0.05, 0) is 0 Å². The molecule has 0 aliphatic rings. The zero-order valence-electron chi connectivity index (χ0n) is 3.96. The van der Waals surface area contributed by atoms with E-state index < -0.39 is 0 Å². The Hall–Kier alpha value is -0.990. The van der Waals surface area contributed by atoms with E-state index in [-0.39, 0.29) is 5.95 Å². The van der Waals surface area contributed by atoms with Gasteiger partial charge in [0.05, 0.1) is 0 Å². The average Bonchev–Trinajstić information content (AvgIpc) is 1.87. The van der Waals surface area contributed by atoms with Crippen LogP contribution in [-0.4, -0.2) is 5.11 Å². The van der Waals surface area contributed by atoms with E-state index in [2.05, 4.69) is 4.42 Å². The number of nitrogens with zero attached hydrogens (tertiary/aromatic N) is 1. The van der Waals surface area contributed by atoms with Crippen LogP contribution >= 0.6 is 0 Å². The fourth-order valence-corrected chi connectivity index (χ4v) is 0.372. The first kappa shape index (κ1) is 4.18. The fourth-order valence-electron chi connectivity index (χ4n) is 0.372. The minimum atomic E-state index is -0.0532. The second kappa shape index (κ2) is 1.26. The van der Waals surface area contributed by atoms with Gasteiger partial charge in [-0.2, -0.15) is 4.57 Å². The summed E-state index contributed by atoms with van der Waals surface area (Å²) in [5.74, 6) is -0.0532. The SMILES string of the molecule is C[n+]1coc(O)c1. The topological polar surface area (TPSA) is 37.2 Å². The van der Waals surface area contributed by atoms with Crippen molar-refractivity contribution in [2.24, 2.45) is 7.05 Å². The summed E-state index contributed by atoms with van der Waals surface area (Å²) in [6, 6.07) is 0. The van der Waals surface area contributed by atoms with Crippen LogP contribution in [0.1, 0.15) is 0 Å². The number of rotatable bonds is 0. The van der Waals surface area contributed by atoms with Crippen LogP contribution in [0.2, 0.25) is 0 Å². The van der Waals surface area contributed by atoms with Crippen molar-refractivity contribution in [1.29, 1.82) is 0 Å². The maximum atomic E-state index is 8.47. The van der Waals surface area contributed by atoms with Crippen molar-refractivity contribution in [2.45, 2.75) is 0 Å². The van der Waals surface area contributed by atoms with Gasteiger partial charge in [-0.1, -0.05) is 0 Å². The second-order valence-corrected chi connectivity index (χ2v) is 1.36. The van der Waals surface area contributed by atoms with Crippen LogP contribution < -0.4 is 4.57 Å². The lowest BCUT2D eigenvalue weighted by atomic mass is 10.9. The van der Waals surface area contributed by atoms with Crippen LogP contribution in [0, 0.1) is 0 Å². The number of hydrogen-bond donors (Lipinski definition) is 1. The first-order valence-electron chi connectivity index (χ1n) is 1.92. The molecule has 0 aliphatic carbocycles. The molecule has 0 unspecified atom stereocenters. The predicted octanol–water partition coefficient (Wildman–Crippen LogP) is -0.190. The van der Waals surface area contributed by atoms with E-state index >= 15 is 0 Å². The van der Waals surface area contributed by atoms with Crippen molar-refractivity contribution in [2.75, 3.05) is 0 Å². The van der Waals surface area contributed by atoms with Crippen LogP contribution in [-0.2, 0) is 7.05 Å². The summed E-state index contributed by atoms with van der Waals surface area (Å²) in [7, 11) is 1.77. The minimum absolute atomic E-state index is 0.0532. The smallest absolute Gasteiger partial charge is 0.353 e. The molecule has 0 radical (unpaired) electrons. The van der Waals surface area contributed by atoms with Gasteiger partial charge >= 0.3 is 12.3 Å². The lowest BCUT2D eigenvalue weighted by molar-refractivity contribution is -0.674. The summed E-state index contributed by atoms with van der Waals surface area (Å²) in [6.07, 6.45) is 2.88. The van der Waals surface area contributed by atoms with Crippen LogP contribution in [0.15, 0.2) is 17.0 Å². The monoisotopic (exact) mass is 100 g/mol. The molecule has 1 heterocycles. The van der Waals surface area contributed by atoms with E-state index in [1.165, 1.54) is 12.6 Å². The van der Waals surface area contributed by atoms with Crippen LogP contribution in [0.5, 0.6) is 5.95 Å². The van der Waals surface area contributed by atoms with Gasteiger partial charge in [-0.15, -0.1) is 0 Å². The zero-order valence-corrected chi connectivity index (χ0v) is 3.96. The highest BCUT2D eigenvalue weighted by molar-refractivity contribution is 4.84. The number of aromatic hydroxyl groups is 1. The van der Waals surface area contributed by atoms with Crippen LogP contribution in [0.4, 0.5) is 0 Å². The summed E-state index contributed by atoms with van der Waals surface area (Å²) < 4.78 is 6.10. The first-order valence-corrected chi connectivity index (χ1v) is 1.92. The molecule has 38 valence electrons. The standard InChI is InChI=1S/C4H5NO2/c1-5-2-4(6)7-3-5/h2-3H,1H3/p+1. The maximum Gasteiger partial charge on any atom is 0.353 e. The van der Waals surface area contributed by atoms with E-state index in [4.69, 9.17) is 5.11 Å². The zero-order chi connectivity index (χ0) is 5.28. The number of aromatic nitrogens is 1. The van der Waals surface area contributed by atoms with Gasteiger partial charge in [0.25, 0.3) is 6.20 Å². The van der Waals surface area contributed by atoms with E-state index in [1.54, 1.807) is 11.6 Å². The van der Waals surface area contributed by atoms with Crippen molar-refractivity contribution in [3.63, 3.8) is 0 Å². The Kier molecular flexibility index (Phi) is 0.749. The molecule has 0 bridgehead atoms. The summed E-state index contributed by atoms with van der Waals surface area (Å²) in [5.41, 5.74) is 0. The normalized spacial score (nSPS) is 9.29. The Morgan fingerprint density at radius 3 is 2.71 bits per heavy atom. The number of oxazole rings is 1. The van der Waals surface area contributed by atoms with Crippen molar-refractivity contribution >= 4 is 0 Å². The van der Waals surface area contributed by atoms with Crippen molar-refractivity contribution in [3.8, 4) is 5.95 Å². The lowest BCUT2D eigenvalue weighted by Crippen LogP contribution is -2.22. The molecule has 7 heavy (non-hydrogen) atoms. The molecule has 1 N–H and O–H groups in total. The highest BCUT2D eigenvalue weighted by Crippen LogP contribution is 1.99. The van der Waals surface area contributed by atoms with Gasteiger partial charge in [0.1, 0.15) is 7.05 Å². The van der Waals surface area contributed by atoms with E-state index in [9.17, 15) is 0 Å². The molecule has 3 heteroatoms. The second-order valence-electron chi connectivity index (χ2n) is 1.36. The van der Waals surface area contributed by atoms with Crippen molar-refractivity contribution in [3.05, 3.63) is 12.6 Å². The van der Waals surface area contributed by atoms with Gasteiger partial charge in [0.15, 0.2) is 0 Å². The third-order valence-electron chi connectivity index (χ3n) is 0.654. The summed E-state index contributed by atoms with van der Waals surface area (Å²) in [4.78, 5) is 0. The minimum Gasteiger partial charge on any atom is -0.476 e. The largest absolute Gasteiger partial charge is 0.476 e. The van der Waals surface area contributed by atoms with Crippen LogP contribution in [0.3, 0.4) is 0 Å². The molecule has 1 aromatic heterocycles. The molecule has 0 spiro atoms. The van der Waals surface area contributed by atoms with Gasteiger partial charge in [-0.3, -0.25) is 0 Å². The molecule has 0 saturated heterocycles. The Bertz CT molecular complexity index is 142. The van der Waals surface area contributed by atoms with E-state index in [0.29, 0.717) is 0 Å². The molecule has 0 aromatic carbocycles. The third-order valence-corrected chi connectivity index (χ3v) is 0.654. The third kappa shape index (κ3) is 0.707. The van der Waals surface area contributed by atoms with Gasteiger partial charge in [-0.25, -0.2) is 0 Å².